The molecular formula is C12H17BrClN. The Bertz CT molecular complexity index is 310. The van der Waals surface area contributed by atoms with Gasteiger partial charge in [0.15, 0.2) is 0 Å². The van der Waals surface area contributed by atoms with Crippen LogP contribution < -0.4 is 5.32 Å². The van der Waals surface area contributed by atoms with Gasteiger partial charge in [-0.15, -0.1) is 11.6 Å². The van der Waals surface area contributed by atoms with Gasteiger partial charge >= 0.3 is 0 Å². The van der Waals surface area contributed by atoms with Crippen molar-refractivity contribution in [1.29, 1.82) is 0 Å². The molecule has 0 radical (unpaired) electrons. The first-order chi connectivity index (χ1) is 7.09. The molecule has 0 aliphatic carbocycles. The molecule has 1 N–H and O–H groups in total. The molecule has 0 heterocycles. The van der Waals surface area contributed by atoms with Crippen molar-refractivity contribution in [2.75, 3.05) is 5.88 Å². The maximum absolute atomic E-state index is 5.93. The molecule has 15 heavy (non-hydrogen) atoms. The number of alkyl halides is 1. The lowest BCUT2D eigenvalue weighted by molar-refractivity contribution is 0.379. The van der Waals surface area contributed by atoms with Gasteiger partial charge in [-0.2, -0.15) is 0 Å². The molecule has 0 aromatic heterocycles. The molecule has 0 saturated carbocycles. The van der Waals surface area contributed by atoms with E-state index in [-0.39, 0.29) is 5.54 Å². The summed E-state index contributed by atoms with van der Waals surface area (Å²) in [5.74, 6) is 0.636. The van der Waals surface area contributed by atoms with Gasteiger partial charge in [-0.25, -0.2) is 0 Å². The van der Waals surface area contributed by atoms with Crippen molar-refractivity contribution in [2.24, 2.45) is 0 Å². The van der Waals surface area contributed by atoms with Crippen molar-refractivity contribution in [3.05, 3.63) is 34.3 Å². The van der Waals surface area contributed by atoms with Gasteiger partial charge in [0, 0.05) is 22.4 Å². The molecule has 0 fully saturated rings. The van der Waals surface area contributed by atoms with E-state index >= 15 is 0 Å². The molecule has 0 aliphatic rings. The molecule has 84 valence electrons. The molecule has 0 spiro atoms. The van der Waals surface area contributed by atoms with Crippen LogP contribution >= 0.6 is 27.5 Å². The standard InChI is InChI=1S/C12H17BrClN/c1-3-12(2,9-14)15-8-10-5-4-6-11(13)7-10/h4-7,15H,3,8-9H2,1-2H3. The summed E-state index contributed by atoms with van der Waals surface area (Å²) in [5, 5.41) is 3.49. The fraction of sp³-hybridized carbons (Fsp3) is 0.500. The molecule has 1 nitrogen and oxygen atoms in total. The van der Waals surface area contributed by atoms with Crippen LogP contribution in [-0.2, 0) is 6.54 Å². The van der Waals surface area contributed by atoms with E-state index in [1.165, 1.54) is 5.56 Å². The molecule has 3 heteroatoms. The Hall–Kier alpha value is -0.0500. The van der Waals surface area contributed by atoms with Crippen LogP contribution in [0.5, 0.6) is 0 Å². The first-order valence-electron chi connectivity index (χ1n) is 5.15. The third-order valence-electron chi connectivity index (χ3n) is 2.68. The van der Waals surface area contributed by atoms with Crippen molar-refractivity contribution in [1.82, 2.24) is 5.32 Å². The summed E-state index contributed by atoms with van der Waals surface area (Å²) in [7, 11) is 0. The van der Waals surface area contributed by atoms with Gasteiger partial charge in [-0.3, -0.25) is 0 Å². The number of halogens is 2. The minimum absolute atomic E-state index is 0.0316. The van der Waals surface area contributed by atoms with Gasteiger partial charge in [0.1, 0.15) is 0 Å². The topological polar surface area (TPSA) is 12.0 Å². The molecule has 0 bridgehead atoms. The lowest BCUT2D eigenvalue weighted by Crippen LogP contribution is -2.42. The van der Waals surface area contributed by atoms with Gasteiger partial charge in [0.25, 0.3) is 0 Å². The van der Waals surface area contributed by atoms with E-state index in [1.54, 1.807) is 0 Å². The number of benzene rings is 1. The minimum Gasteiger partial charge on any atom is -0.306 e. The Morgan fingerprint density at radius 3 is 2.73 bits per heavy atom. The Morgan fingerprint density at radius 2 is 2.20 bits per heavy atom. The summed E-state index contributed by atoms with van der Waals surface area (Å²) >= 11 is 9.40. The molecule has 1 rings (SSSR count). The van der Waals surface area contributed by atoms with Crippen LogP contribution in [0.1, 0.15) is 25.8 Å². The van der Waals surface area contributed by atoms with Crippen molar-refractivity contribution in [3.63, 3.8) is 0 Å². The van der Waals surface area contributed by atoms with Crippen LogP contribution in [0.2, 0.25) is 0 Å². The van der Waals surface area contributed by atoms with Crippen molar-refractivity contribution in [3.8, 4) is 0 Å². The molecular weight excluding hydrogens is 273 g/mol. The van der Waals surface area contributed by atoms with Crippen molar-refractivity contribution < 1.29 is 0 Å². The summed E-state index contributed by atoms with van der Waals surface area (Å²) in [5.41, 5.74) is 1.30. The predicted octanol–water partition coefficient (Wildman–Crippen LogP) is 3.95. The zero-order chi connectivity index (χ0) is 11.3. The Labute approximate surface area is 105 Å². The highest BCUT2D eigenvalue weighted by Crippen LogP contribution is 2.15. The van der Waals surface area contributed by atoms with Crippen LogP contribution in [0.3, 0.4) is 0 Å². The number of hydrogen-bond donors (Lipinski definition) is 1. The summed E-state index contributed by atoms with van der Waals surface area (Å²) in [6.45, 7) is 5.16. The monoisotopic (exact) mass is 289 g/mol. The number of hydrogen-bond acceptors (Lipinski definition) is 1. The summed E-state index contributed by atoms with van der Waals surface area (Å²) < 4.78 is 1.12. The third-order valence-corrected chi connectivity index (χ3v) is 3.77. The van der Waals surface area contributed by atoms with Crippen LogP contribution in [0, 0.1) is 0 Å². The summed E-state index contributed by atoms with van der Waals surface area (Å²) in [4.78, 5) is 0. The van der Waals surface area contributed by atoms with E-state index in [2.05, 4.69) is 47.2 Å². The molecule has 1 aromatic rings. The quantitative estimate of drug-likeness (QED) is 0.810. The van der Waals surface area contributed by atoms with Crippen LogP contribution in [0.15, 0.2) is 28.7 Å². The maximum atomic E-state index is 5.93. The number of nitrogens with one attached hydrogen (secondary N) is 1. The Morgan fingerprint density at radius 1 is 1.47 bits per heavy atom. The Balaban J connectivity index is 2.56. The second-order valence-corrected chi connectivity index (χ2v) is 5.21. The molecule has 1 unspecified atom stereocenters. The smallest absolute Gasteiger partial charge is 0.0403 e. The zero-order valence-electron chi connectivity index (χ0n) is 9.19. The van der Waals surface area contributed by atoms with Crippen LogP contribution in [0.4, 0.5) is 0 Å². The van der Waals surface area contributed by atoms with E-state index in [9.17, 15) is 0 Å². The first-order valence-corrected chi connectivity index (χ1v) is 6.48. The summed E-state index contributed by atoms with van der Waals surface area (Å²) in [6, 6.07) is 8.31. The van der Waals surface area contributed by atoms with E-state index in [0.717, 1.165) is 17.4 Å². The average Bonchev–Trinajstić information content (AvgIpc) is 2.26. The molecule has 1 aromatic carbocycles. The van der Waals surface area contributed by atoms with Gasteiger partial charge in [0.05, 0.1) is 0 Å². The normalized spacial score (nSPS) is 14.9. The van der Waals surface area contributed by atoms with Crippen LogP contribution in [0.25, 0.3) is 0 Å². The minimum atomic E-state index is 0.0316. The molecule has 0 aliphatic heterocycles. The van der Waals surface area contributed by atoms with Crippen LogP contribution in [-0.4, -0.2) is 11.4 Å². The van der Waals surface area contributed by atoms with Gasteiger partial charge in [0.2, 0.25) is 0 Å². The van der Waals surface area contributed by atoms with Crippen molar-refractivity contribution in [2.45, 2.75) is 32.4 Å². The second-order valence-electron chi connectivity index (χ2n) is 4.03. The molecule has 0 amide bonds. The largest absolute Gasteiger partial charge is 0.306 e. The lowest BCUT2D eigenvalue weighted by atomic mass is 10.0. The highest BCUT2D eigenvalue weighted by atomic mass is 79.9. The number of rotatable bonds is 5. The SMILES string of the molecule is CCC(C)(CCl)NCc1cccc(Br)c1. The lowest BCUT2D eigenvalue weighted by Gasteiger charge is -2.27. The molecule has 0 saturated heterocycles. The zero-order valence-corrected chi connectivity index (χ0v) is 11.5. The second kappa shape index (κ2) is 5.88. The highest BCUT2D eigenvalue weighted by molar-refractivity contribution is 9.10. The predicted molar refractivity (Wildman–Crippen MR) is 70.4 cm³/mol. The summed E-state index contributed by atoms with van der Waals surface area (Å²) in [6.07, 6.45) is 1.03. The van der Waals surface area contributed by atoms with E-state index in [4.69, 9.17) is 11.6 Å². The molecule has 1 atom stereocenters. The maximum Gasteiger partial charge on any atom is 0.0403 e. The van der Waals surface area contributed by atoms with Crippen molar-refractivity contribution >= 4 is 27.5 Å². The van der Waals surface area contributed by atoms with E-state index in [0.29, 0.717) is 5.88 Å². The third kappa shape index (κ3) is 4.13. The average molecular weight is 291 g/mol. The van der Waals surface area contributed by atoms with E-state index in [1.807, 2.05) is 12.1 Å². The fourth-order valence-electron chi connectivity index (χ4n) is 1.23. The van der Waals surface area contributed by atoms with Gasteiger partial charge in [-0.05, 0) is 31.0 Å². The fourth-order valence-corrected chi connectivity index (χ4v) is 1.96. The van der Waals surface area contributed by atoms with E-state index < -0.39 is 0 Å². The van der Waals surface area contributed by atoms with Gasteiger partial charge < -0.3 is 5.32 Å². The Kier molecular flexibility index (Phi) is 5.10. The first kappa shape index (κ1) is 13.0. The van der Waals surface area contributed by atoms with Gasteiger partial charge in [-0.1, -0.05) is 35.0 Å². The highest BCUT2D eigenvalue weighted by Gasteiger charge is 2.19.